The van der Waals surface area contributed by atoms with Crippen molar-refractivity contribution in [3.63, 3.8) is 0 Å². The van der Waals surface area contributed by atoms with Crippen molar-refractivity contribution in [1.29, 1.82) is 0 Å². The summed E-state index contributed by atoms with van der Waals surface area (Å²) < 4.78 is 7.85. The molecule has 0 radical (unpaired) electrons. The van der Waals surface area contributed by atoms with Gasteiger partial charge in [-0.15, -0.1) is 0 Å². The van der Waals surface area contributed by atoms with E-state index in [1.54, 1.807) is 42.5 Å². The lowest BCUT2D eigenvalue weighted by Gasteiger charge is -2.21. The minimum Gasteiger partial charge on any atom is -0.467 e. The summed E-state index contributed by atoms with van der Waals surface area (Å²) in [7, 11) is 0. The number of para-hydroxylation sites is 1. The average Bonchev–Trinajstić information content (AvgIpc) is 3.31. The molecule has 1 N–H and O–H groups in total. The number of nitrogens with zero attached hydrogens (tertiary/aromatic N) is 2. The van der Waals surface area contributed by atoms with E-state index in [4.69, 9.17) is 4.42 Å². The van der Waals surface area contributed by atoms with E-state index < -0.39 is 17.3 Å². The molecule has 0 fully saturated rings. The molecule has 7 heteroatoms. The number of fused-ring (bicyclic) bond motifs is 1. The van der Waals surface area contributed by atoms with Crippen molar-refractivity contribution in [3.05, 3.63) is 98.6 Å². The molecule has 1 unspecified atom stereocenters. The first-order valence-electron chi connectivity index (χ1n) is 10.6. The molecule has 0 spiro atoms. The van der Waals surface area contributed by atoms with Crippen LogP contribution in [0.15, 0.2) is 74.9 Å². The highest BCUT2D eigenvalue weighted by molar-refractivity contribution is 5.84. The van der Waals surface area contributed by atoms with Crippen molar-refractivity contribution < 1.29 is 9.21 Å². The van der Waals surface area contributed by atoms with Gasteiger partial charge >= 0.3 is 5.69 Å². The highest BCUT2D eigenvalue weighted by Gasteiger charge is 2.25. The predicted octanol–water partition coefficient (Wildman–Crippen LogP) is 3.63. The highest BCUT2D eigenvalue weighted by atomic mass is 16.3. The summed E-state index contributed by atoms with van der Waals surface area (Å²) in [5.41, 5.74) is 1.99. The Morgan fingerprint density at radius 3 is 2.50 bits per heavy atom. The van der Waals surface area contributed by atoms with Crippen LogP contribution in [0.1, 0.15) is 36.3 Å². The first-order valence-corrected chi connectivity index (χ1v) is 10.6. The van der Waals surface area contributed by atoms with Gasteiger partial charge in [0.1, 0.15) is 11.8 Å². The molecule has 2 aromatic heterocycles. The molecule has 0 saturated heterocycles. The molecule has 7 nitrogen and oxygen atoms in total. The summed E-state index contributed by atoms with van der Waals surface area (Å²) in [6.45, 7) is 5.95. The lowest BCUT2D eigenvalue weighted by Crippen LogP contribution is -2.44. The van der Waals surface area contributed by atoms with Gasteiger partial charge in [-0.3, -0.25) is 14.2 Å². The van der Waals surface area contributed by atoms with Gasteiger partial charge < -0.3 is 9.73 Å². The summed E-state index contributed by atoms with van der Waals surface area (Å²) in [5, 5.41) is 3.21. The van der Waals surface area contributed by atoms with E-state index in [1.165, 1.54) is 10.8 Å². The Hall–Kier alpha value is -3.87. The molecule has 4 rings (SSSR count). The van der Waals surface area contributed by atoms with Crippen LogP contribution in [-0.4, -0.2) is 15.0 Å². The Morgan fingerprint density at radius 1 is 1.03 bits per heavy atom. The van der Waals surface area contributed by atoms with E-state index in [0.29, 0.717) is 28.8 Å². The molecule has 1 amide bonds. The van der Waals surface area contributed by atoms with E-state index >= 15 is 0 Å². The summed E-state index contributed by atoms with van der Waals surface area (Å²) in [6, 6.07) is 15.1. The third-order valence-corrected chi connectivity index (χ3v) is 5.76. The molecule has 0 aliphatic carbocycles. The van der Waals surface area contributed by atoms with Crippen molar-refractivity contribution in [2.75, 3.05) is 0 Å². The van der Waals surface area contributed by atoms with Crippen molar-refractivity contribution in [2.45, 2.75) is 39.8 Å². The highest BCUT2D eigenvalue weighted by Crippen LogP contribution is 2.19. The second-order valence-electron chi connectivity index (χ2n) is 7.80. The van der Waals surface area contributed by atoms with E-state index in [0.717, 1.165) is 15.7 Å². The largest absolute Gasteiger partial charge is 0.467 e. The Bertz CT molecular complexity index is 1400. The number of nitrogens with one attached hydrogen (secondary N) is 1. The number of hydrogen-bond acceptors (Lipinski definition) is 4. The van der Waals surface area contributed by atoms with E-state index in [1.807, 2.05) is 32.9 Å². The molecule has 164 valence electrons. The second kappa shape index (κ2) is 8.70. The van der Waals surface area contributed by atoms with Gasteiger partial charge in [0.05, 0.1) is 29.4 Å². The minimum atomic E-state index is -0.791. The molecule has 2 aromatic carbocycles. The third kappa shape index (κ3) is 3.77. The van der Waals surface area contributed by atoms with Gasteiger partial charge in [0, 0.05) is 0 Å². The van der Waals surface area contributed by atoms with Crippen LogP contribution in [0.25, 0.3) is 16.6 Å². The molecular weight excluding hydrogens is 406 g/mol. The maximum atomic E-state index is 13.7. The normalized spacial score (nSPS) is 12.1. The Labute approximate surface area is 184 Å². The lowest BCUT2D eigenvalue weighted by molar-refractivity contribution is -0.124. The maximum Gasteiger partial charge on any atom is 0.336 e. The number of furan rings is 1. The first kappa shape index (κ1) is 21.4. The summed E-state index contributed by atoms with van der Waals surface area (Å²) in [5.74, 6) is 0.298. The quantitative estimate of drug-likeness (QED) is 0.505. The number of aryl methyl sites for hydroxylation is 2. The van der Waals surface area contributed by atoms with Crippen LogP contribution in [0.5, 0.6) is 0 Å². The van der Waals surface area contributed by atoms with Gasteiger partial charge in [-0.25, -0.2) is 9.36 Å². The predicted molar refractivity (Wildman–Crippen MR) is 123 cm³/mol. The van der Waals surface area contributed by atoms with Gasteiger partial charge in [0.15, 0.2) is 0 Å². The van der Waals surface area contributed by atoms with Crippen LogP contribution < -0.4 is 16.6 Å². The lowest BCUT2D eigenvalue weighted by atomic mass is 10.1. The van der Waals surface area contributed by atoms with Crippen LogP contribution in [-0.2, 0) is 11.3 Å². The molecule has 1 atom stereocenters. The Balaban J connectivity index is 1.89. The topological polar surface area (TPSA) is 86.2 Å². The van der Waals surface area contributed by atoms with Gasteiger partial charge in [-0.1, -0.05) is 25.1 Å². The average molecular weight is 431 g/mol. The number of rotatable bonds is 6. The standard InChI is InChI=1S/C25H25N3O4/c1-4-21(23(29)26-15-19-8-7-13-32-19)28-22-10-6-5-9-20(22)24(30)27(25(28)31)18-12-11-16(2)17(3)14-18/h5-14,21H,4,15H2,1-3H3,(H,26,29). The van der Waals surface area contributed by atoms with Gasteiger partial charge in [-0.2, -0.15) is 0 Å². The Kier molecular flexibility index (Phi) is 5.81. The van der Waals surface area contributed by atoms with Gasteiger partial charge in [0.25, 0.3) is 5.56 Å². The summed E-state index contributed by atoms with van der Waals surface area (Å²) in [6.07, 6.45) is 1.91. The fourth-order valence-electron chi connectivity index (χ4n) is 3.87. The number of carbonyl (C=O) groups excluding carboxylic acids is 1. The van der Waals surface area contributed by atoms with Crippen molar-refractivity contribution in [2.24, 2.45) is 0 Å². The van der Waals surface area contributed by atoms with Crippen LogP contribution in [0.4, 0.5) is 0 Å². The van der Waals surface area contributed by atoms with Gasteiger partial charge in [-0.05, 0) is 67.8 Å². The number of amides is 1. The number of aromatic nitrogens is 2. The zero-order chi connectivity index (χ0) is 22.8. The smallest absolute Gasteiger partial charge is 0.336 e. The zero-order valence-electron chi connectivity index (χ0n) is 18.3. The molecule has 0 aliphatic heterocycles. The molecule has 0 bridgehead atoms. The molecule has 32 heavy (non-hydrogen) atoms. The van der Waals surface area contributed by atoms with Crippen LogP contribution in [0.2, 0.25) is 0 Å². The molecule has 4 aromatic rings. The van der Waals surface area contributed by atoms with Crippen molar-refractivity contribution >= 4 is 16.8 Å². The van der Waals surface area contributed by atoms with E-state index in [-0.39, 0.29) is 12.5 Å². The van der Waals surface area contributed by atoms with Crippen molar-refractivity contribution in [1.82, 2.24) is 14.5 Å². The molecule has 0 saturated carbocycles. The Morgan fingerprint density at radius 2 is 1.81 bits per heavy atom. The SMILES string of the molecule is CCC(C(=O)NCc1ccco1)n1c(=O)n(-c2ccc(C)c(C)c2)c(=O)c2ccccc21. The maximum absolute atomic E-state index is 13.7. The van der Waals surface area contributed by atoms with Gasteiger partial charge in [0.2, 0.25) is 5.91 Å². The number of carbonyl (C=O) groups is 1. The van der Waals surface area contributed by atoms with Crippen LogP contribution in [0.3, 0.4) is 0 Å². The van der Waals surface area contributed by atoms with Crippen molar-refractivity contribution in [3.8, 4) is 5.69 Å². The van der Waals surface area contributed by atoms with Crippen LogP contribution >= 0.6 is 0 Å². The fraction of sp³-hybridized carbons (Fsp3) is 0.240. The monoisotopic (exact) mass is 431 g/mol. The molecular formula is C25H25N3O4. The number of hydrogen-bond donors (Lipinski definition) is 1. The van der Waals surface area contributed by atoms with E-state index in [9.17, 15) is 14.4 Å². The third-order valence-electron chi connectivity index (χ3n) is 5.76. The first-order chi connectivity index (χ1) is 15.4. The number of benzene rings is 2. The zero-order valence-corrected chi connectivity index (χ0v) is 18.3. The minimum absolute atomic E-state index is 0.214. The second-order valence-corrected chi connectivity index (χ2v) is 7.80. The molecule has 0 aliphatic rings. The summed E-state index contributed by atoms with van der Waals surface area (Å²) in [4.78, 5) is 40.1. The fourth-order valence-corrected chi connectivity index (χ4v) is 3.87. The van der Waals surface area contributed by atoms with Crippen LogP contribution in [0, 0.1) is 13.8 Å². The molecule has 2 heterocycles. The van der Waals surface area contributed by atoms with E-state index in [2.05, 4.69) is 5.32 Å². The summed E-state index contributed by atoms with van der Waals surface area (Å²) >= 11 is 0.